The van der Waals surface area contributed by atoms with Crippen LogP contribution < -0.4 is 10.1 Å². The number of benzene rings is 2. The summed E-state index contributed by atoms with van der Waals surface area (Å²) >= 11 is 5.81. The van der Waals surface area contributed by atoms with Crippen LogP contribution in [0.1, 0.15) is 11.7 Å². The fourth-order valence-corrected chi connectivity index (χ4v) is 1.85. The zero-order valence-electron chi connectivity index (χ0n) is 10.6. The summed E-state index contributed by atoms with van der Waals surface area (Å²) < 4.78 is 5.09. The minimum absolute atomic E-state index is 0.438. The first-order valence-electron chi connectivity index (χ1n) is 6.00. The number of anilines is 1. The molecule has 100 valence electrons. The van der Waals surface area contributed by atoms with Gasteiger partial charge in [-0.2, -0.15) is 0 Å². The molecule has 3 nitrogen and oxygen atoms in total. The van der Waals surface area contributed by atoms with E-state index in [1.807, 2.05) is 36.4 Å². The zero-order chi connectivity index (χ0) is 13.7. The minimum atomic E-state index is -0.570. The van der Waals surface area contributed by atoms with Crippen molar-refractivity contribution in [2.45, 2.75) is 6.10 Å². The number of aliphatic hydroxyl groups is 1. The third-order valence-electron chi connectivity index (χ3n) is 2.84. The van der Waals surface area contributed by atoms with E-state index in [-0.39, 0.29) is 0 Å². The van der Waals surface area contributed by atoms with Crippen molar-refractivity contribution in [2.24, 2.45) is 0 Å². The molecule has 0 aliphatic carbocycles. The average Bonchev–Trinajstić information content (AvgIpc) is 2.46. The van der Waals surface area contributed by atoms with Gasteiger partial charge in [-0.15, -0.1) is 0 Å². The van der Waals surface area contributed by atoms with Crippen LogP contribution in [0.3, 0.4) is 0 Å². The van der Waals surface area contributed by atoms with E-state index in [1.165, 1.54) is 0 Å². The zero-order valence-corrected chi connectivity index (χ0v) is 11.4. The maximum absolute atomic E-state index is 10.0. The van der Waals surface area contributed by atoms with Crippen LogP contribution in [0, 0.1) is 0 Å². The molecule has 2 rings (SSSR count). The van der Waals surface area contributed by atoms with E-state index in [1.54, 1.807) is 19.2 Å². The molecule has 0 aliphatic heterocycles. The van der Waals surface area contributed by atoms with E-state index in [2.05, 4.69) is 5.32 Å². The lowest BCUT2D eigenvalue weighted by Gasteiger charge is -2.13. The Hall–Kier alpha value is -1.71. The van der Waals surface area contributed by atoms with Crippen LogP contribution in [-0.4, -0.2) is 18.8 Å². The standard InChI is InChI=1S/C15H16ClNO2/c1-19-14-8-6-13(7-9-14)17-10-15(18)11-2-4-12(16)5-3-11/h2-9,15,17-18H,10H2,1H3. The fourth-order valence-electron chi connectivity index (χ4n) is 1.73. The monoisotopic (exact) mass is 277 g/mol. The first kappa shape index (κ1) is 13.7. The van der Waals surface area contributed by atoms with E-state index >= 15 is 0 Å². The van der Waals surface area contributed by atoms with Crippen LogP contribution in [0.25, 0.3) is 0 Å². The Morgan fingerprint density at radius 3 is 2.32 bits per heavy atom. The Morgan fingerprint density at radius 1 is 1.11 bits per heavy atom. The summed E-state index contributed by atoms with van der Waals surface area (Å²) in [5.41, 5.74) is 1.78. The SMILES string of the molecule is COc1ccc(NCC(O)c2ccc(Cl)cc2)cc1. The van der Waals surface area contributed by atoms with E-state index in [9.17, 15) is 5.11 Å². The van der Waals surface area contributed by atoms with Gasteiger partial charge in [0.25, 0.3) is 0 Å². The number of halogens is 1. The van der Waals surface area contributed by atoms with Crippen molar-refractivity contribution >= 4 is 17.3 Å². The van der Waals surface area contributed by atoms with Crippen LogP contribution in [-0.2, 0) is 0 Å². The Balaban J connectivity index is 1.92. The summed E-state index contributed by atoms with van der Waals surface area (Å²) in [6.45, 7) is 0.438. The average molecular weight is 278 g/mol. The summed E-state index contributed by atoms with van der Waals surface area (Å²) in [5, 5.41) is 13.9. The molecule has 2 N–H and O–H groups in total. The smallest absolute Gasteiger partial charge is 0.119 e. The Labute approximate surface area is 117 Å². The lowest BCUT2D eigenvalue weighted by molar-refractivity contribution is 0.191. The summed E-state index contributed by atoms with van der Waals surface area (Å²) in [5.74, 6) is 0.809. The van der Waals surface area contributed by atoms with Gasteiger partial charge in [-0.25, -0.2) is 0 Å². The highest BCUT2D eigenvalue weighted by Gasteiger charge is 2.06. The van der Waals surface area contributed by atoms with Crippen LogP contribution in [0.15, 0.2) is 48.5 Å². The molecule has 1 atom stereocenters. The molecule has 0 heterocycles. The van der Waals surface area contributed by atoms with Gasteiger partial charge in [0, 0.05) is 17.3 Å². The number of hydrogen-bond acceptors (Lipinski definition) is 3. The van der Waals surface area contributed by atoms with Gasteiger partial charge < -0.3 is 15.2 Å². The molecule has 0 spiro atoms. The summed E-state index contributed by atoms with van der Waals surface area (Å²) in [4.78, 5) is 0. The second kappa shape index (κ2) is 6.45. The van der Waals surface area contributed by atoms with Gasteiger partial charge in [0.15, 0.2) is 0 Å². The number of nitrogens with one attached hydrogen (secondary N) is 1. The predicted molar refractivity (Wildman–Crippen MR) is 77.9 cm³/mol. The molecule has 0 aliphatic rings. The quantitative estimate of drug-likeness (QED) is 0.879. The van der Waals surface area contributed by atoms with E-state index in [0.29, 0.717) is 11.6 Å². The van der Waals surface area contributed by atoms with Crippen molar-refractivity contribution in [2.75, 3.05) is 19.0 Å². The van der Waals surface area contributed by atoms with Gasteiger partial charge in [0.05, 0.1) is 13.2 Å². The van der Waals surface area contributed by atoms with Crippen LogP contribution in [0.5, 0.6) is 5.75 Å². The normalized spacial score (nSPS) is 11.9. The highest BCUT2D eigenvalue weighted by molar-refractivity contribution is 6.30. The number of aliphatic hydroxyl groups excluding tert-OH is 1. The third kappa shape index (κ3) is 3.88. The number of ether oxygens (including phenoxy) is 1. The van der Waals surface area contributed by atoms with Crippen molar-refractivity contribution in [3.8, 4) is 5.75 Å². The highest BCUT2D eigenvalue weighted by Crippen LogP contribution is 2.19. The van der Waals surface area contributed by atoms with Gasteiger partial charge in [0.2, 0.25) is 0 Å². The largest absolute Gasteiger partial charge is 0.497 e. The van der Waals surface area contributed by atoms with Gasteiger partial charge in [0.1, 0.15) is 5.75 Å². The molecule has 19 heavy (non-hydrogen) atoms. The lowest BCUT2D eigenvalue weighted by Crippen LogP contribution is -2.11. The Bertz CT molecular complexity index is 511. The Kier molecular flexibility index (Phi) is 4.66. The van der Waals surface area contributed by atoms with E-state index in [0.717, 1.165) is 17.0 Å². The molecule has 2 aromatic carbocycles. The van der Waals surface area contributed by atoms with Crippen molar-refractivity contribution in [3.63, 3.8) is 0 Å². The first-order chi connectivity index (χ1) is 9.19. The molecule has 0 fully saturated rings. The van der Waals surface area contributed by atoms with Gasteiger partial charge in [-0.1, -0.05) is 23.7 Å². The van der Waals surface area contributed by atoms with Crippen molar-refractivity contribution in [1.29, 1.82) is 0 Å². The predicted octanol–water partition coefficient (Wildman–Crippen LogP) is 3.49. The molecule has 0 amide bonds. The first-order valence-corrected chi connectivity index (χ1v) is 6.38. The molecule has 0 radical (unpaired) electrons. The van der Waals surface area contributed by atoms with E-state index < -0.39 is 6.10 Å². The van der Waals surface area contributed by atoms with Crippen LogP contribution >= 0.6 is 11.6 Å². The summed E-state index contributed by atoms with van der Waals surface area (Å²) in [7, 11) is 1.63. The maximum Gasteiger partial charge on any atom is 0.119 e. The summed E-state index contributed by atoms with van der Waals surface area (Å²) in [6, 6.07) is 14.8. The molecule has 1 unspecified atom stereocenters. The number of hydrogen-bond donors (Lipinski definition) is 2. The van der Waals surface area contributed by atoms with Crippen LogP contribution in [0.2, 0.25) is 5.02 Å². The topological polar surface area (TPSA) is 41.5 Å². The fraction of sp³-hybridized carbons (Fsp3) is 0.200. The third-order valence-corrected chi connectivity index (χ3v) is 3.10. The van der Waals surface area contributed by atoms with Gasteiger partial charge in [-0.05, 0) is 42.0 Å². The second-order valence-corrected chi connectivity index (χ2v) is 4.61. The molecule has 0 aromatic heterocycles. The highest BCUT2D eigenvalue weighted by atomic mass is 35.5. The van der Waals surface area contributed by atoms with Gasteiger partial charge in [-0.3, -0.25) is 0 Å². The molecular formula is C15H16ClNO2. The Morgan fingerprint density at radius 2 is 1.74 bits per heavy atom. The lowest BCUT2D eigenvalue weighted by atomic mass is 10.1. The molecule has 0 bridgehead atoms. The maximum atomic E-state index is 10.0. The van der Waals surface area contributed by atoms with Gasteiger partial charge >= 0.3 is 0 Å². The number of rotatable bonds is 5. The van der Waals surface area contributed by atoms with Crippen molar-refractivity contribution in [1.82, 2.24) is 0 Å². The van der Waals surface area contributed by atoms with Crippen molar-refractivity contribution in [3.05, 3.63) is 59.1 Å². The molecule has 2 aromatic rings. The minimum Gasteiger partial charge on any atom is -0.497 e. The second-order valence-electron chi connectivity index (χ2n) is 4.18. The summed E-state index contributed by atoms with van der Waals surface area (Å²) in [6.07, 6.45) is -0.570. The number of methoxy groups -OCH3 is 1. The molecule has 0 saturated heterocycles. The molecular weight excluding hydrogens is 262 g/mol. The van der Waals surface area contributed by atoms with Crippen LogP contribution in [0.4, 0.5) is 5.69 Å². The molecule has 4 heteroatoms. The molecule has 0 saturated carbocycles. The van der Waals surface area contributed by atoms with Crippen molar-refractivity contribution < 1.29 is 9.84 Å². The van der Waals surface area contributed by atoms with E-state index in [4.69, 9.17) is 16.3 Å².